The molecule has 0 aliphatic carbocycles. The van der Waals surface area contributed by atoms with Crippen molar-refractivity contribution in [1.82, 2.24) is 4.31 Å². The van der Waals surface area contributed by atoms with Gasteiger partial charge in [0, 0.05) is 37.7 Å². The van der Waals surface area contributed by atoms with Crippen molar-refractivity contribution in [2.24, 2.45) is 0 Å². The summed E-state index contributed by atoms with van der Waals surface area (Å²) in [5, 5.41) is 0.878. The Morgan fingerprint density at radius 2 is 1.68 bits per heavy atom. The number of sulfonamides is 1. The Morgan fingerprint density at radius 3 is 2.05 bits per heavy atom. The lowest BCUT2D eigenvalue weighted by Gasteiger charge is -2.28. The fourth-order valence-electron chi connectivity index (χ4n) is 1.80. The van der Waals surface area contributed by atoms with Gasteiger partial charge in [0.05, 0.1) is 4.90 Å². The number of hydrogen-bond acceptors (Lipinski definition) is 3. The molecule has 0 aliphatic heterocycles. The summed E-state index contributed by atoms with van der Waals surface area (Å²) in [6, 6.07) is 7.41. The minimum atomic E-state index is -3.35. The number of benzene rings is 1. The van der Waals surface area contributed by atoms with Crippen LogP contribution >= 0.6 is 15.9 Å². The van der Waals surface area contributed by atoms with Gasteiger partial charge < -0.3 is 4.90 Å². The summed E-state index contributed by atoms with van der Waals surface area (Å²) >= 11 is 3.44. The first-order chi connectivity index (χ1) is 8.80. The molecule has 0 radical (unpaired) electrons. The highest BCUT2D eigenvalue weighted by Crippen LogP contribution is 2.21. The lowest BCUT2D eigenvalue weighted by Crippen LogP contribution is -2.32. The zero-order chi connectivity index (χ0) is 14.6. The number of halogens is 1. The maximum Gasteiger partial charge on any atom is 0.242 e. The first-order valence-corrected chi connectivity index (χ1v) is 8.72. The van der Waals surface area contributed by atoms with Crippen LogP contribution in [0.5, 0.6) is 0 Å². The normalized spacial score (nSPS) is 12.2. The molecule has 0 saturated heterocycles. The fraction of sp³-hybridized carbons (Fsp3) is 0.538. The Bertz CT molecular complexity index is 498. The second-order valence-electron chi connectivity index (χ2n) is 4.76. The Kier molecular flexibility index (Phi) is 5.82. The van der Waals surface area contributed by atoms with Crippen molar-refractivity contribution in [1.29, 1.82) is 0 Å². The van der Waals surface area contributed by atoms with Crippen LogP contribution < -0.4 is 4.90 Å². The number of rotatable bonds is 6. The van der Waals surface area contributed by atoms with Gasteiger partial charge in [0.2, 0.25) is 10.0 Å². The summed E-state index contributed by atoms with van der Waals surface area (Å²) in [7, 11) is -0.274. The van der Waals surface area contributed by atoms with E-state index in [9.17, 15) is 8.42 Å². The molecular formula is C13H21BrN2O2S. The summed E-state index contributed by atoms with van der Waals surface area (Å²) < 4.78 is 25.2. The Labute approximate surface area is 124 Å². The molecule has 19 heavy (non-hydrogen) atoms. The predicted molar refractivity (Wildman–Crippen MR) is 83.6 cm³/mol. The number of alkyl halides is 1. The van der Waals surface area contributed by atoms with Gasteiger partial charge in [-0.3, -0.25) is 0 Å². The van der Waals surface area contributed by atoms with Crippen LogP contribution in [0, 0.1) is 0 Å². The molecule has 1 aromatic carbocycles. The number of nitrogens with zero attached hydrogens (tertiary/aromatic N) is 2. The molecule has 0 unspecified atom stereocenters. The molecule has 0 aromatic heterocycles. The van der Waals surface area contributed by atoms with Gasteiger partial charge in [-0.05, 0) is 38.1 Å². The first-order valence-electron chi connectivity index (χ1n) is 6.16. The van der Waals surface area contributed by atoms with Crippen molar-refractivity contribution in [2.45, 2.75) is 24.8 Å². The van der Waals surface area contributed by atoms with Gasteiger partial charge in [0.1, 0.15) is 0 Å². The molecule has 0 amide bonds. The molecular weight excluding hydrogens is 328 g/mol. The number of hydrogen-bond donors (Lipinski definition) is 0. The van der Waals surface area contributed by atoms with Gasteiger partial charge in [0.15, 0.2) is 0 Å². The van der Waals surface area contributed by atoms with Gasteiger partial charge in [-0.2, -0.15) is 0 Å². The third kappa shape index (κ3) is 3.94. The summed E-state index contributed by atoms with van der Waals surface area (Å²) in [6.45, 7) is 5.12. The lowest BCUT2D eigenvalue weighted by atomic mass is 10.2. The largest absolute Gasteiger partial charge is 0.368 e. The lowest BCUT2D eigenvalue weighted by molar-refractivity contribution is 0.521. The molecule has 4 nitrogen and oxygen atoms in total. The van der Waals surface area contributed by atoms with Crippen molar-refractivity contribution in [3.63, 3.8) is 0 Å². The van der Waals surface area contributed by atoms with Crippen molar-refractivity contribution in [3.8, 4) is 0 Å². The number of anilines is 1. The molecule has 1 aromatic rings. The van der Waals surface area contributed by atoms with E-state index in [4.69, 9.17) is 0 Å². The van der Waals surface area contributed by atoms with Gasteiger partial charge in [-0.1, -0.05) is 15.9 Å². The van der Waals surface area contributed by atoms with E-state index in [1.807, 2.05) is 12.1 Å². The van der Waals surface area contributed by atoms with Gasteiger partial charge in [0.25, 0.3) is 0 Å². The molecule has 0 aliphatic rings. The molecule has 0 saturated carbocycles. The second-order valence-corrected chi connectivity index (χ2v) is 7.70. The summed E-state index contributed by atoms with van der Waals surface area (Å²) in [5.41, 5.74) is 1.03. The average Bonchev–Trinajstić information content (AvgIpc) is 2.35. The third-order valence-corrected chi connectivity index (χ3v) is 5.08. The van der Waals surface area contributed by atoms with E-state index >= 15 is 0 Å². The fourth-order valence-corrected chi connectivity index (χ4v) is 3.08. The minimum absolute atomic E-state index is 0.323. The van der Waals surface area contributed by atoms with E-state index in [1.54, 1.807) is 12.1 Å². The zero-order valence-electron chi connectivity index (χ0n) is 11.8. The van der Waals surface area contributed by atoms with Crippen molar-refractivity contribution in [3.05, 3.63) is 24.3 Å². The van der Waals surface area contributed by atoms with E-state index in [0.29, 0.717) is 10.9 Å². The molecule has 0 N–H and O–H groups in total. The molecule has 0 bridgehead atoms. The van der Waals surface area contributed by atoms with Gasteiger partial charge in [-0.15, -0.1) is 0 Å². The highest BCUT2D eigenvalue weighted by molar-refractivity contribution is 9.09. The Hall–Kier alpha value is -0.590. The van der Waals surface area contributed by atoms with E-state index in [2.05, 4.69) is 34.7 Å². The van der Waals surface area contributed by atoms with E-state index in [-0.39, 0.29) is 0 Å². The highest BCUT2D eigenvalue weighted by Gasteiger charge is 2.17. The molecule has 108 valence electrons. The van der Waals surface area contributed by atoms with E-state index < -0.39 is 10.0 Å². The molecule has 6 heteroatoms. The quantitative estimate of drug-likeness (QED) is 0.741. The average molecular weight is 349 g/mol. The maximum atomic E-state index is 12.0. The van der Waals surface area contributed by atoms with Crippen LogP contribution in [-0.4, -0.2) is 44.7 Å². The molecule has 1 rings (SSSR count). The summed E-state index contributed by atoms with van der Waals surface area (Å²) in [4.78, 5) is 2.55. The van der Waals surface area contributed by atoms with Gasteiger partial charge >= 0.3 is 0 Å². The third-order valence-electron chi connectivity index (χ3n) is 2.90. The summed E-state index contributed by atoms with van der Waals surface area (Å²) in [6.07, 6.45) is 0. The second kappa shape index (κ2) is 6.72. The van der Waals surface area contributed by atoms with Crippen molar-refractivity contribution in [2.75, 3.05) is 30.9 Å². The molecule has 0 fully saturated rings. The topological polar surface area (TPSA) is 40.6 Å². The van der Waals surface area contributed by atoms with Crippen LogP contribution in [0.1, 0.15) is 13.8 Å². The van der Waals surface area contributed by atoms with Crippen molar-refractivity contribution >= 4 is 31.6 Å². The smallest absolute Gasteiger partial charge is 0.242 e. The summed E-state index contributed by atoms with van der Waals surface area (Å²) in [5.74, 6) is 0. The predicted octanol–water partition coefficient (Wildman–Crippen LogP) is 2.55. The van der Waals surface area contributed by atoms with Crippen LogP contribution in [0.25, 0.3) is 0 Å². The monoisotopic (exact) mass is 348 g/mol. The van der Waals surface area contributed by atoms with Gasteiger partial charge in [-0.25, -0.2) is 12.7 Å². The van der Waals surface area contributed by atoms with Crippen LogP contribution in [0.4, 0.5) is 5.69 Å². The van der Waals surface area contributed by atoms with Crippen LogP contribution in [0.2, 0.25) is 0 Å². The maximum absolute atomic E-state index is 12.0. The molecule has 0 spiro atoms. The molecule has 0 atom stereocenters. The van der Waals surface area contributed by atoms with E-state index in [1.165, 1.54) is 18.4 Å². The zero-order valence-corrected chi connectivity index (χ0v) is 14.2. The van der Waals surface area contributed by atoms with Crippen LogP contribution in [0.3, 0.4) is 0 Å². The highest BCUT2D eigenvalue weighted by atomic mass is 79.9. The van der Waals surface area contributed by atoms with Crippen LogP contribution in [-0.2, 0) is 10.0 Å². The van der Waals surface area contributed by atoms with Crippen molar-refractivity contribution < 1.29 is 8.42 Å². The Balaban J connectivity index is 3.05. The van der Waals surface area contributed by atoms with Crippen LogP contribution in [0.15, 0.2) is 29.2 Å². The molecule has 0 heterocycles. The van der Waals surface area contributed by atoms with E-state index in [0.717, 1.165) is 17.6 Å². The standard InChI is InChI=1S/C13H21BrN2O2S/c1-11(2)16(10-9-14)12-5-7-13(8-6-12)19(17,18)15(3)4/h5-8,11H,9-10H2,1-4H3. The Morgan fingerprint density at radius 1 is 1.16 bits per heavy atom. The SMILES string of the molecule is CC(C)N(CCBr)c1ccc(S(=O)(=O)N(C)C)cc1. The first kappa shape index (κ1) is 16.5. The minimum Gasteiger partial charge on any atom is -0.368 e.